The zero-order valence-electron chi connectivity index (χ0n) is 14.2. The average molecular weight is 395 g/mol. The van der Waals surface area contributed by atoms with Crippen molar-refractivity contribution in [1.29, 1.82) is 0 Å². The maximum atomic E-state index is 12.7. The minimum atomic E-state index is -3.47. The third-order valence-corrected chi connectivity index (χ3v) is 6.77. The van der Waals surface area contributed by atoms with Gasteiger partial charge in [0, 0.05) is 18.1 Å². The Bertz CT molecular complexity index is 903. The van der Waals surface area contributed by atoms with E-state index < -0.39 is 15.1 Å². The number of carbonyl (C=O) groups excluding carboxylic acids is 1. The summed E-state index contributed by atoms with van der Waals surface area (Å²) in [4.78, 5) is 14.3. The summed E-state index contributed by atoms with van der Waals surface area (Å²) in [6, 6.07) is 12.8. The molecule has 1 atom stereocenters. The molecule has 6 nitrogen and oxygen atoms in total. The first-order valence-corrected chi connectivity index (χ1v) is 10.0. The molecule has 1 N–H and O–H groups in total. The second kappa shape index (κ2) is 7.55. The number of amides is 2. The Morgan fingerprint density at radius 3 is 2.65 bits per heavy atom. The molecule has 1 unspecified atom stereocenters. The van der Waals surface area contributed by atoms with Crippen LogP contribution in [0.25, 0.3) is 0 Å². The van der Waals surface area contributed by atoms with E-state index in [1.54, 1.807) is 48.5 Å². The minimum absolute atomic E-state index is 0.145. The second-order valence-corrected chi connectivity index (χ2v) is 8.65. The highest BCUT2D eigenvalue weighted by Gasteiger charge is 2.36. The molecule has 2 aromatic rings. The van der Waals surface area contributed by atoms with E-state index in [0.717, 1.165) is 0 Å². The van der Waals surface area contributed by atoms with Gasteiger partial charge < -0.3 is 15.0 Å². The fourth-order valence-corrected chi connectivity index (χ4v) is 4.83. The molecule has 1 heterocycles. The summed E-state index contributed by atoms with van der Waals surface area (Å²) in [5.41, 5.74) is 0.444. The van der Waals surface area contributed by atoms with Crippen molar-refractivity contribution in [1.82, 2.24) is 4.90 Å². The third-order valence-electron chi connectivity index (χ3n) is 4.35. The number of anilines is 1. The van der Waals surface area contributed by atoms with Crippen LogP contribution < -0.4 is 10.1 Å². The van der Waals surface area contributed by atoms with Crippen LogP contribution >= 0.6 is 11.6 Å². The maximum absolute atomic E-state index is 12.7. The van der Waals surface area contributed by atoms with Crippen LogP contribution in [0.15, 0.2) is 53.4 Å². The number of carbonyl (C=O) groups is 1. The van der Waals surface area contributed by atoms with Crippen molar-refractivity contribution >= 4 is 33.2 Å². The molecule has 2 aromatic carbocycles. The Labute approximate surface area is 157 Å². The highest BCUT2D eigenvalue weighted by molar-refractivity contribution is 7.92. The van der Waals surface area contributed by atoms with Gasteiger partial charge in [-0.25, -0.2) is 13.2 Å². The Morgan fingerprint density at radius 1 is 1.23 bits per heavy atom. The predicted octanol–water partition coefficient (Wildman–Crippen LogP) is 3.43. The first-order chi connectivity index (χ1) is 12.4. The topological polar surface area (TPSA) is 75.7 Å². The molecule has 0 radical (unpaired) electrons. The summed E-state index contributed by atoms with van der Waals surface area (Å²) in [6.07, 6.45) is 0.400. The lowest BCUT2D eigenvalue weighted by Gasteiger charge is -2.19. The summed E-state index contributed by atoms with van der Waals surface area (Å²) in [5, 5.41) is 2.59. The first-order valence-electron chi connectivity index (χ1n) is 8.10. The van der Waals surface area contributed by atoms with Gasteiger partial charge in [0.15, 0.2) is 9.84 Å². The van der Waals surface area contributed by atoms with Crippen molar-refractivity contribution in [3.8, 4) is 5.75 Å². The van der Waals surface area contributed by atoms with Crippen LogP contribution in [0.2, 0.25) is 5.02 Å². The van der Waals surface area contributed by atoms with Crippen LogP contribution in [-0.2, 0) is 9.84 Å². The SMILES string of the molecule is COc1ccc(Cl)cc1NC(=O)N1CCC(S(=O)(=O)c2ccccc2)C1. The zero-order valence-corrected chi connectivity index (χ0v) is 15.8. The Balaban J connectivity index is 1.71. The number of nitrogens with zero attached hydrogens (tertiary/aromatic N) is 1. The van der Waals surface area contributed by atoms with Gasteiger partial charge in [-0.2, -0.15) is 0 Å². The van der Waals surface area contributed by atoms with Gasteiger partial charge in [0.25, 0.3) is 0 Å². The number of urea groups is 1. The van der Waals surface area contributed by atoms with E-state index in [0.29, 0.717) is 29.4 Å². The average Bonchev–Trinajstić information content (AvgIpc) is 3.14. The Hall–Kier alpha value is -2.25. The minimum Gasteiger partial charge on any atom is -0.495 e. The molecule has 0 spiro atoms. The highest BCUT2D eigenvalue weighted by atomic mass is 35.5. The number of halogens is 1. The monoisotopic (exact) mass is 394 g/mol. The van der Waals surface area contributed by atoms with Gasteiger partial charge in [-0.1, -0.05) is 29.8 Å². The van der Waals surface area contributed by atoms with Crippen molar-refractivity contribution in [2.75, 3.05) is 25.5 Å². The molecular weight excluding hydrogens is 376 g/mol. The van der Waals surface area contributed by atoms with E-state index in [2.05, 4.69) is 5.32 Å². The molecule has 138 valence electrons. The van der Waals surface area contributed by atoms with E-state index in [1.807, 2.05) is 0 Å². The first kappa shape index (κ1) is 18.5. The number of benzene rings is 2. The standard InChI is InChI=1S/C18H19ClN2O4S/c1-25-17-8-7-13(19)11-16(17)20-18(22)21-10-9-15(12-21)26(23,24)14-5-3-2-4-6-14/h2-8,11,15H,9-10,12H2,1H3,(H,20,22). The summed E-state index contributed by atoms with van der Waals surface area (Å²) in [7, 11) is -1.97. The van der Waals surface area contributed by atoms with Crippen molar-refractivity contribution in [3.63, 3.8) is 0 Å². The lowest BCUT2D eigenvalue weighted by molar-refractivity contribution is 0.222. The number of likely N-dealkylation sites (tertiary alicyclic amines) is 1. The number of rotatable bonds is 4. The molecule has 0 bridgehead atoms. The molecule has 0 aliphatic carbocycles. The van der Waals surface area contributed by atoms with Gasteiger partial charge in [-0.3, -0.25) is 0 Å². The summed E-state index contributed by atoms with van der Waals surface area (Å²) in [6.45, 7) is 0.511. The number of methoxy groups -OCH3 is 1. The molecule has 1 saturated heterocycles. The van der Waals surface area contributed by atoms with Crippen LogP contribution in [0.5, 0.6) is 5.75 Å². The Kier molecular flexibility index (Phi) is 5.38. The van der Waals surface area contributed by atoms with Gasteiger partial charge in [-0.05, 0) is 36.8 Å². The quantitative estimate of drug-likeness (QED) is 0.861. The zero-order chi connectivity index (χ0) is 18.7. The van der Waals surface area contributed by atoms with Crippen LogP contribution in [-0.4, -0.2) is 44.8 Å². The summed E-state index contributed by atoms with van der Waals surface area (Å²) in [5.74, 6) is 0.482. The van der Waals surface area contributed by atoms with Crippen molar-refractivity contribution in [3.05, 3.63) is 53.6 Å². The smallest absolute Gasteiger partial charge is 0.321 e. The number of ether oxygens (including phenoxy) is 1. The van der Waals surface area contributed by atoms with Gasteiger partial charge in [0.2, 0.25) is 0 Å². The fourth-order valence-electron chi connectivity index (χ4n) is 2.94. The van der Waals surface area contributed by atoms with E-state index in [9.17, 15) is 13.2 Å². The van der Waals surface area contributed by atoms with Crippen LogP contribution in [0, 0.1) is 0 Å². The Morgan fingerprint density at radius 2 is 1.96 bits per heavy atom. The molecule has 8 heteroatoms. The van der Waals surface area contributed by atoms with Gasteiger partial charge in [-0.15, -0.1) is 0 Å². The van der Waals surface area contributed by atoms with Crippen LogP contribution in [0.3, 0.4) is 0 Å². The number of hydrogen-bond donors (Lipinski definition) is 1. The van der Waals surface area contributed by atoms with Crippen LogP contribution in [0.1, 0.15) is 6.42 Å². The van der Waals surface area contributed by atoms with Gasteiger partial charge in [0.1, 0.15) is 5.75 Å². The molecule has 3 rings (SSSR count). The van der Waals surface area contributed by atoms with Gasteiger partial charge >= 0.3 is 6.03 Å². The van der Waals surface area contributed by atoms with Crippen molar-refractivity contribution in [2.45, 2.75) is 16.6 Å². The molecule has 0 saturated carbocycles. The fraction of sp³-hybridized carbons (Fsp3) is 0.278. The number of sulfone groups is 1. The molecule has 1 fully saturated rings. The second-order valence-electron chi connectivity index (χ2n) is 5.99. The normalized spacial score (nSPS) is 17.2. The van der Waals surface area contributed by atoms with Crippen molar-refractivity contribution < 1.29 is 17.9 Å². The number of hydrogen-bond acceptors (Lipinski definition) is 4. The highest BCUT2D eigenvalue weighted by Crippen LogP contribution is 2.29. The van der Waals surface area contributed by atoms with E-state index >= 15 is 0 Å². The van der Waals surface area contributed by atoms with E-state index in [4.69, 9.17) is 16.3 Å². The maximum Gasteiger partial charge on any atom is 0.321 e. The molecular formula is C18H19ClN2O4S. The lowest BCUT2D eigenvalue weighted by Crippen LogP contribution is -2.35. The number of nitrogens with one attached hydrogen (secondary N) is 1. The van der Waals surface area contributed by atoms with Crippen LogP contribution in [0.4, 0.5) is 10.5 Å². The van der Waals surface area contributed by atoms with E-state index in [-0.39, 0.29) is 17.5 Å². The largest absolute Gasteiger partial charge is 0.495 e. The van der Waals surface area contributed by atoms with E-state index in [1.165, 1.54) is 12.0 Å². The third kappa shape index (κ3) is 3.78. The summed E-state index contributed by atoms with van der Waals surface area (Å²) >= 11 is 5.97. The predicted molar refractivity (Wildman–Crippen MR) is 101 cm³/mol. The molecule has 1 aliphatic rings. The molecule has 26 heavy (non-hydrogen) atoms. The molecule has 1 aliphatic heterocycles. The van der Waals surface area contributed by atoms with Gasteiger partial charge in [0.05, 0.1) is 22.9 Å². The molecule has 0 aromatic heterocycles. The summed E-state index contributed by atoms with van der Waals surface area (Å²) < 4.78 is 30.6. The lowest BCUT2D eigenvalue weighted by atomic mass is 10.3. The van der Waals surface area contributed by atoms with Crippen molar-refractivity contribution in [2.24, 2.45) is 0 Å². The molecule has 2 amide bonds.